The van der Waals surface area contributed by atoms with E-state index in [0.717, 1.165) is 11.1 Å². The number of hydrogen-bond donors (Lipinski definition) is 0. The van der Waals surface area contributed by atoms with E-state index in [1.165, 1.54) is 0 Å². The molecule has 114 valence electrons. The van der Waals surface area contributed by atoms with Gasteiger partial charge < -0.3 is 0 Å². The predicted molar refractivity (Wildman–Crippen MR) is 93.7 cm³/mol. The Morgan fingerprint density at radius 2 is 0.957 bits per heavy atom. The molecule has 0 fully saturated rings. The molecule has 0 saturated carbocycles. The second-order valence-electron chi connectivity index (χ2n) is 5.13. The molecule has 0 radical (unpaired) electrons. The van der Waals surface area contributed by atoms with Crippen molar-refractivity contribution >= 4 is 22.0 Å². The van der Waals surface area contributed by atoms with E-state index in [0.29, 0.717) is 9.79 Å². The Labute approximate surface area is 136 Å². The molecule has 0 aliphatic carbocycles. The first kappa shape index (κ1) is 15.3. The van der Waals surface area contributed by atoms with Gasteiger partial charge in [-0.1, -0.05) is 72.8 Å². The number of benzene rings is 3. The summed E-state index contributed by atoms with van der Waals surface area (Å²) in [6.45, 7) is 0. The Hall–Kier alpha value is -2.65. The van der Waals surface area contributed by atoms with E-state index in [-0.39, 0.29) is 0 Å². The van der Waals surface area contributed by atoms with Crippen molar-refractivity contribution in [3.63, 3.8) is 0 Å². The highest BCUT2D eigenvalue weighted by Crippen LogP contribution is 2.21. The predicted octanol–water partition coefficient (Wildman–Crippen LogP) is 4.69. The topological polar surface area (TPSA) is 34.1 Å². The molecule has 2 nitrogen and oxygen atoms in total. The molecular weight excluding hydrogens is 304 g/mol. The lowest BCUT2D eigenvalue weighted by molar-refractivity contribution is 0.596. The Kier molecular flexibility index (Phi) is 4.40. The van der Waals surface area contributed by atoms with Crippen LogP contribution < -0.4 is 0 Å². The zero-order valence-corrected chi connectivity index (χ0v) is 13.3. The maximum absolute atomic E-state index is 12.5. The molecule has 0 bridgehead atoms. The van der Waals surface area contributed by atoms with E-state index in [9.17, 15) is 8.42 Å². The van der Waals surface area contributed by atoms with Gasteiger partial charge in [0.1, 0.15) is 0 Å². The number of rotatable bonds is 4. The summed E-state index contributed by atoms with van der Waals surface area (Å²) in [5, 5.41) is 0. The summed E-state index contributed by atoms with van der Waals surface area (Å²) in [7, 11) is -3.45. The molecule has 0 unspecified atom stereocenters. The minimum atomic E-state index is -3.45. The van der Waals surface area contributed by atoms with Crippen LogP contribution in [0.5, 0.6) is 0 Å². The molecule has 3 rings (SSSR count). The van der Waals surface area contributed by atoms with Crippen LogP contribution in [-0.4, -0.2) is 8.42 Å². The average Bonchev–Trinajstić information content (AvgIpc) is 2.62. The lowest BCUT2D eigenvalue weighted by Crippen LogP contribution is -2.01. The van der Waals surface area contributed by atoms with E-state index in [4.69, 9.17) is 0 Å². The van der Waals surface area contributed by atoms with Crippen LogP contribution in [0.3, 0.4) is 0 Å². The molecule has 3 aromatic rings. The van der Waals surface area contributed by atoms with Crippen LogP contribution in [0.2, 0.25) is 0 Å². The van der Waals surface area contributed by atoms with Crippen molar-refractivity contribution in [3.05, 3.63) is 96.1 Å². The Morgan fingerprint density at radius 1 is 0.522 bits per heavy atom. The van der Waals surface area contributed by atoms with Crippen molar-refractivity contribution in [2.24, 2.45) is 0 Å². The van der Waals surface area contributed by atoms with Gasteiger partial charge >= 0.3 is 0 Å². The number of hydrogen-bond acceptors (Lipinski definition) is 2. The maximum atomic E-state index is 12.5. The first-order valence-corrected chi connectivity index (χ1v) is 8.78. The zero-order chi connectivity index (χ0) is 16.1. The van der Waals surface area contributed by atoms with E-state index in [2.05, 4.69) is 0 Å². The molecule has 0 saturated heterocycles. The third kappa shape index (κ3) is 3.58. The first-order chi connectivity index (χ1) is 11.2. The van der Waals surface area contributed by atoms with Gasteiger partial charge in [0, 0.05) is 0 Å². The highest BCUT2D eigenvalue weighted by atomic mass is 32.2. The van der Waals surface area contributed by atoms with Gasteiger partial charge in [-0.25, -0.2) is 8.42 Å². The summed E-state index contributed by atoms with van der Waals surface area (Å²) in [4.78, 5) is 0.619. The van der Waals surface area contributed by atoms with Crippen LogP contribution in [0.25, 0.3) is 12.2 Å². The smallest absolute Gasteiger partial charge is 0.206 e. The number of sulfone groups is 1. The summed E-state index contributed by atoms with van der Waals surface area (Å²) in [5.74, 6) is 0. The van der Waals surface area contributed by atoms with Crippen LogP contribution in [0.15, 0.2) is 94.7 Å². The minimum absolute atomic E-state index is 0.306. The Morgan fingerprint density at radius 3 is 1.52 bits per heavy atom. The molecule has 0 N–H and O–H groups in total. The van der Waals surface area contributed by atoms with Crippen molar-refractivity contribution in [1.29, 1.82) is 0 Å². The van der Waals surface area contributed by atoms with Gasteiger partial charge in [-0.05, 0) is 35.4 Å². The van der Waals surface area contributed by atoms with Gasteiger partial charge in [0.15, 0.2) is 0 Å². The SMILES string of the molecule is O=S(=O)(c1ccccc1)c1ccc(C=Cc2ccccc2)cc1. The van der Waals surface area contributed by atoms with Crippen LogP contribution in [0.4, 0.5) is 0 Å². The molecule has 0 spiro atoms. The van der Waals surface area contributed by atoms with Crippen molar-refractivity contribution in [1.82, 2.24) is 0 Å². The lowest BCUT2D eigenvalue weighted by atomic mass is 10.1. The highest BCUT2D eigenvalue weighted by molar-refractivity contribution is 7.91. The van der Waals surface area contributed by atoms with Crippen molar-refractivity contribution in [3.8, 4) is 0 Å². The fourth-order valence-electron chi connectivity index (χ4n) is 2.25. The lowest BCUT2D eigenvalue weighted by Gasteiger charge is -2.04. The quantitative estimate of drug-likeness (QED) is 0.654. The molecule has 0 aliphatic heterocycles. The van der Waals surface area contributed by atoms with E-state index in [1.807, 2.05) is 54.6 Å². The van der Waals surface area contributed by atoms with Gasteiger partial charge in [-0.2, -0.15) is 0 Å². The van der Waals surface area contributed by atoms with Gasteiger partial charge in [-0.15, -0.1) is 0 Å². The van der Waals surface area contributed by atoms with Gasteiger partial charge in [0.25, 0.3) is 0 Å². The summed E-state index contributed by atoms with van der Waals surface area (Å²) < 4.78 is 25.0. The van der Waals surface area contributed by atoms with Crippen LogP contribution in [-0.2, 0) is 9.84 Å². The molecule has 3 aromatic carbocycles. The molecule has 3 heteroatoms. The normalized spacial score (nSPS) is 11.7. The van der Waals surface area contributed by atoms with Gasteiger partial charge in [0.05, 0.1) is 9.79 Å². The third-order valence-electron chi connectivity index (χ3n) is 3.51. The summed E-state index contributed by atoms with van der Waals surface area (Å²) >= 11 is 0. The molecular formula is C20H16O2S. The average molecular weight is 320 g/mol. The Bertz CT molecular complexity index is 895. The van der Waals surface area contributed by atoms with Gasteiger partial charge in [0.2, 0.25) is 9.84 Å². The van der Waals surface area contributed by atoms with E-state index >= 15 is 0 Å². The Balaban J connectivity index is 1.84. The minimum Gasteiger partial charge on any atom is -0.219 e. The highest BCUT2D eigenvalue weighted by Gasteiger charge is 2.16. The zero-order valence-electron chi connectivity index (χ0n) is 12.5. The molecule has 0 aliphatic rings. The summed E-state index contributed by atoms with van der Waals surface area (Å²) in [6.07, 6.45) is 3.97. The first-order valence-electron chi connectivity index (χ1n) is 7.29. The van der Waals surface area contributed by atoms with Crippen LogP contribution in [0.1, 0.15) is 11.1 Å². The summed E-state index contributed by atoms with van der Waals surface area (Å²) in [5.41, 5.74) is 2.06. The standard InChI is InChI=1S/C20H16O2S/c21-23(22,19-9-5-2-6-10-19)20-15-13-18(14-16-20)12-11-17-7-3-1-4-8-17/h1-16H. The molecule has 0 heterocycles. The monoisotopic (exact) mass is 320 g/mol. The summed E-state index contributed by atoms with van der Waals surface area (Å²) in [6, 6.07) is 25.4. The molecule has 0 amide bonds. The van der Waals surface area contributed by atoms with E-state index in [1.54, 1.807) is 42.5 Å². The van der Waals surface area contributed by atoms with Crippen molar-refractivity contribution < 1.29 is 8.42 Å². The largest absolute Gasteiger partial charge is 0.219 e. The van der Waals surface area contributed by atoms with E-state index < -0.39 is 9.84 Å². The second kappa shape index (κ2) is 6.63. The second-order valence-corrected chi connectivity index (χ2v) is 7.08. The molecule has 0 atom stereocenters. The van der Waals surface area contributed by atoms with Crippen molar-refractivity contribution in [2.75, 3.05) is 0 Å². The van der Waals surface area contributed by atoms with Crippen molar-refractivity contribution in [2.45, 2.75) is 9.79 Å². The van der Waals surface area contributed by atoms with Gasteiger partial charge in [-0.3, -0.25) is 0 Å². The fraction of sp³-hybridized carbons (Fsp3) is 0. The van der Waals surface area contributed by atoms with Crippen LogP contribution in [0, 0.1) is 0 Å². The molecule has 23 heavy (non-hydrogen) atoms. The molecule has 0 aromatic heterocycles. The maximum Gasteiger partial charge on any atom is 0.206 e. The fourth-order valence-corrected chi connectivity index (χ4v) is 3.53. The van der Waals surface area contributed by atoms with Crippen LogP contribution >= 0.6 is 0 Å². The third-order valence-corrected chi connectivity index (χ3v) is 5.30.